The van der Waals surface area contributed by atoms with Gasteiger partial charge >= 0.3 is 0 Å². The van der Waals surface area contributed by atoms with Gasteiger partial charge in [0.05, 0.1) is 30.8 Å². The number of hydrogen-bond donors (Lipinski definition) is 1. The third-order valence-corrected chi connectivity index (χ3v) is 7.59. The number of rotatable bonds is 7. The molecular weight excluding hydrogens is 410 g/mol. The molecule has 0 bridgehead atoms. The number of morpholine rings is 1. The first-order valence-electron chi connectivity index (χ1n) is 11.5. The Morgan fingerprint density at radius 2 is 1.94 bits per heavy atom. The van der Waals surface area contributed by atoms with Crippen LogP contribution in [-0.4, -0.2) is 52.9 Å². The molecule has 3 aromatic heterocycles. The molecule has 1 saturated heterocycles. The summed E-state index contributed by atoms with van der Waals surface area (Å²) in [5.41, 5.74) is 3.72. The molecule has 3 aromatic rings. The Bertz CT molecular complexity index is 1030. The molecule has 2 aliphatic rings. The number of hydrogen-bond acceptors (Lipinski definition) is 8. The van der Waals surface area contributed by atoms with Crippen molar-refractivity contribution in [3.63, 3.8) is 0 Å². The van der Waals surface area contributed by atoms with Gasteiger partial charge in [0.2, 0.25) is 0 Å². The van der Waals surface area contributed by atoms with Crippen LogP contribution in [-0.2, 0) is 30.5 Å². The van der Waals surface area contributed by atoms with Crippen LogP contribution in [0.3, 0.4) is 0 Å². The summed E-state index contributed by atoms with van der Waals surface area (Å²) in [5, 5.41) is 9.00. The van der Waals surface area contributed by atoms with Crippen molar-refractivity contribution < 1.29 is 9.26 Å². The third-order valence-electron chi connectivity index (χ3n) is 6.41. The zero-order valence-electron chi connectivity index (χ0n) is 18.5. The monoisotopic (exact) mass is 441 g/mol. The maximum atomic E-state index is 5.50. The summed E-state index contributed by atoms with van der Waals surface area (Å²) in [6.45, 7) is 9.15. The maximum absolute atomic E-state index is 5.50. The average Bonchev–Trinajstić information content (AvgIpc) is 3.31. The summed E-state index contributed by atoms with van der Waals surface area (Å²) >= 11 is 1.88. The van der Waals surface area contributed by atoms with E-state index in [1.165, 1.54) is 40.7 Å². The molecule has 0 radical (unpaired) electrons. The minimum Gasteiger partial charge on any atom is -0.379 e. The molecule has 31 heavy (non-hydrogen) atoms. The highest BCUT2D eigenvalue weighted by atomic mass is 32.1. The van der Waals surface area contributed by atoms with Crippen molar-refractivity contribution in [1.82, 2.24) is 20.0 Å². The molecule has 1 aliphatic heterocycles. The summed E-state index contributed by atoms with van der Waals surface area (Å²) < 4.78 is 10.8. The van der Waals surface area contributed by atoms with Crippen LogP contribution in [0, 0.1) is 13.8 Å². The highest BCUT2D eigenvalue weighted by Gasteiger charge is 2.22. The Morgan fingerprint density at radius 3 is 2.74 bits per heavy atom. The number of ether oxygens (including phenoxy) is 1. The van der Waals surface area contributed by atoms with Crippen molar-refractivity contribution in [1.29, 1.82) is 0 Å². The smallest absolute Gasteiger partial charge is 0.146 e. The van der Waals surface area contributed by atoms with E-state index in [4.69, 9.17) is 19.2 Å². The lowest BCUT2D eigenvalue weighted by molar-refractivity contribution is 0.0331. The first kappa shape index (κ1) is 20.8. The molecule has 0 amide bonds. The predicted octanol–water partition coefficient (Wildman–Crippen LogP) is 4.05. The van der Waals surface area contributed by atoms with Crippen molar-refractivity contribution in [3.05, 3.63) is 33.3 Å². The number of fused-ring (bicyclic) bond motifs is 3. The van der Waals surface area contributed by atoms with Gasteiger partial charge in [-0.3, -0.25) is 4.90 Å². The fourth-order valence-electron chi connectivity index (χ4n) is 4.69. The van der Waals surface area contributed by atoms with Crippen LogP contribution in [0.5, 0.6) is 0 Å². The molecule has 0 atom stereocenters. The number of thiophene rings is 1. The number of aryl methyl sites for hydroxylation is 4. The molecule has 1 N–H and O–H groups in total. The predicted molar refractivity (Wildman–Crippen MR) is 123 cm³/mol. The standard InChI is InChI=1S/C23H31N5O2S/c1-15-17(16(2)30-27-15)7-5-9-24-22-21-18-6-3-4-8-19(18)31-23(21)26-20(25-22)14-28-10-12-29-13-11-28/h3-14H2,1-2H3,(H,24,25,26). The van der Waals surface area contributed by atoms with Crippen LogP contribution < -0.4 is 5.32 Å². The van der Waals surface area contributed by atoms with Crippen molar-refractivity contribution in [2.45, 2.75) is 58.9 Å². The SMILES string of the molecule is Cc1noc(C)c1CCCNc1nc(CN2CCOCC2)nc2sc3c(c12)CCCC3. The van der Waals surface area contributed by atoms with Crippen LogP contribution in [0.2, 0.25) is 0 Å². The highest BCUT2D eigenvalue weighted by molar-refractivity contribution is 7.19. The van der Waals surface area contributed by atoms with Gasteiger partial charge in [-0.2, -0.15) is 0 Å². The van der Waals surface area contributed by atoms with Gasteiger partial charge in [0.15, 0.2) is 0 Å². The van der Waals surface area contributed by atoms with E-state index in [1.54, 1.807) is 0 Å². The molecule has 0 aromatic carbocycles. The van der Waals surface area contributed by atoms with E-state index in [9.17, 15) is 0 Å². The Hall–Kier alpha value is -2.03. The normalized spacial score (nSPS) is 17.2. The molecular formula is C23H31N5O2S. The van der Waals surface area contributed by atoms with E-state index in [1.807, 2.05) is 25.2 Å². The van der Waals surface area contributed by atoms with E-state index in [0.717, 1.165) is 86.6 Å². The van der Waals surface area contributed by atoms with E-state index in [0.29, 0.717) is 0 Å². The third kappa shape index (κ3) is 4.47. The summed E-state index contributed by atoms with van der Waals surface area (Å²) in [6.07, 6.45) is 6.86. The second-order valence-corrected chi connectivity index (χ2v) is 9.68. The molecule has 0 saturated carbocycles. The van der Waals surface area contributed by atoms with E-state index in [-0.39, 0.29) is 0 Å². The van der Waals surface area contributed by atoms with Crippen LogP contribution in [0.1, 0.15) is 52.5 Å². The summed E-state index contributed by atoms with van der Waals surface area (Å²) in [4.78, 5) is 15.1. The summed E-state index contributed by atoms with van der Waals surface area (Å²) in [6, 6.07) is 0. The van der Waals surface area contributed by atoms with E-state index >= 15 is 0 Å². The van der Waals surface area contributed by atoms with Gasteiger partial charge in [-0.05, 0) is 57.9 Å². The minimum atomic E-state index is 0.787. The molecule has 7 nitrogen and oxygen atoms in total. The fourth-order valence-corrected chi connectivity index (χ4v) is 5.97. The van der Waals surface area contributed by atoms with Gasteiger partial charge < -0.3 is 14.6 Å². The van der Waals surface area contributed by atoms with Crippen LogP contribution in [0.4, 0.5) is 5.82 Å². The highest BCUT2D eigenvalue weighted by Crippen LogP contribution is 2.38. The Balaban J connectivity index is 1.36. The number of anilines is 1. The average molecular weight is 442 g/mol. The number of aromatic nitrogens is 3. The zero-order chi connectivity index (χ0) is 21.2. The van der Waals surface area contributed by atoms with E-state index < -0.39 is 0 Å². The zero-order valence-corrected chi connectivity index (χ0v) is 19.3. The summed E-state index contributed by atoms with van der Waals surface area (Å²) in [7, 11) is 0. The minimum absolute atomic E-state index is 0.787. The van der Waals surface area contributed by atoms with Crippen LogP contribution in [0.25, 0.3) is 10.2 Å². The molecule has 1 fully saturated rings. The Morgan fingerprint density at radius 1 is 1.10 bits per heavy atom. The van der Waals surface area contributed by atoms with Crippen molar-refractivity contribution in [3.8, 4) is 0 Å². The van der Waals surface area contributed by atoms with E-state index in [2.05, 4.69) is 15.4 Å². The largest absolute Gasteiger partial charge is 0.379 e. The molecule has 8 heteroatoms. The van der Waals surface area contributed by atoms with Gasteiger partial charge in [0.1, 0.15) is 22.2 Å². The molecule has 166 valence electrons. The number of nitrogens with one attached hydrogen (secondary N) is 1. The van der Waals surface area contributed by atoms with Gasteiger partial charge in [-0.25, -0.2) is 9.97 Å². The Kier molecular flexibility index (Phi) is 6.20. The van der Waals surface area contributed by atoms with Crippen molar-refractivity contribution in [2.75, 3.05) is 38.2 Å². The molecule has 4 heterocycles. The molecule has 0 unspecified atom stereocenters. The summed E-state index contributed by atoms with van der Waals surface area (Å²) in [5.74, 6) is 2.87. The van der Waals surface area contributed by atoms with Gasteiger partial charge in [-0.15, -0.1) is 11.3 Å². The second-order valence-electron chi connectivity index (χ2n) is 8.60. The molecule has 0 spiro atoms. The van der Waals surface area contributed by atoms with Crippen molar-refractivity contribution in [2.24, 2.45) is 0 Å². The molecule has 5 rings (SSSR count). The lowest BCUT2D eigenvalue weighted by Gasteiger charge is -2.25. The lowest BCUT2D eigenvalue weighted by Crippen LogP contribution is -2.36. The second kappa shape index (κ2) is 9.22. The van der Waals surface area contributed by atoms with Gasteiger partial charge in [0, 0.05) is 30.1 Å². The van der Waals surface area contributed by atoms with Crippen molar-refractivity contribution >= 4 is 27.4 Å². The topological polar surface area (TPSA) is 76.3 Å². The first-order valence-corrected chi connectivity index (χ1v) is 12.3. The maximum Gasteiger partial charge on any atom is 0.146 e. The first-order chi connectivity index (χ1) is 15.2. The number of nitrogens with zero attached hydrogens (tertiary/aromatic N) is 4. The van der Waals surface area contributed by atoms with Crippen LogP contribution in [0.15, 0.2) is 4.52 Å². The van der Waals surface area contributed by atoms with Gasteiger partial charge in [0.25, 0.3) is 0 Å². The quantitative estimate of drug-likeness (QED) is 0.554. The van der Waals surface area contributed by atoms with Crippen LogP contribution >= 0.6 is 11.3 Å². The fraction of sp³-hybridized carbons (Fsp3) is 0.609. The molecule has 1 aliphatic carbocycles. The van der Waals surface area contributed by atoms with Gasteiger partial charge in [-0.1, -0.05) is 5.16 Å². The lowest BCUT2D eigenvalue weighted by atomic mass is 9.97. The Labute approximate surface area is 187 Å².